The van der Waals surface area contributed by atoms with Crippen LogP contribution in [-0.2, 0) is 16.0 Å². The van der Waals surface area contributed by atoms with Crippen molar-refractivity contribution in [2.45, 2.75) is 38.8 Å². The van der Waals surface area contributed by atoms with Gasteiger partial charge < -0.3 is 16.2 Å². The van der Waals surface area contributed by atoms with Crippen molar-refractivity contribution in [1.29, 1.82) is 0 Å². The molecular weight excluding hydrogens is 256 g/mol. The summed E-state index contributed by atoms with van der Waals surface area (Å²) in [6.45, 7) is 3.49. The minimum atomic E-state index is -1.04. The van der Waals surface area contributed by atoms with Crippen molar-refractivity contribution in [3.63, 3.8) is 0 Å². The maximum Gasteiger partial charge on any atom is 0.326 e. The quantitative estimate of drug-likeness (QED) is 0.698. The Hall–Kier alpha value is -1.88. The Balaban J connectivity index is 2.48. The average molecular weight is 278 g/mol. The minimum absolute atomic E-state index is 0.183. The topological polar surface area (TPSA) is 92.4 Å². The molecule has 20 heavy (non-hydrogen) atoms. The summed E-state index contributed by atoms with van der Waals surface area (Å²) in [5.41, 5.74) is 6.91. The second-order valence-corrected chi connectivity index (χ2v) is 5.20. The van der Waals surface area contributed by atoms with E-state index in [1.807, 2.05) is 30.3 Å². The Bertz CT molecular complexity index is 446. The van der Waals surface area contributed by atoms with E-state index >= 15 is 0 Å². The highest BCUT2D eigenvalue weighted by molar-refractivity contribution is 5.86. The third-order valence-corrected chi connectivity index (χ3v) is 3.15. The van der Waals surface area contributed by atoms with Gasteiger partial charge in [0.25, 0.3) is 0 Å². The number of carboxylic acid groups (broad SMARTS) is 1. The Labute approximate surface area is 119 Å². The van der Waals surface area contributed by atoms with E-state index in [-0.39, 0.29) is 5.92 Å². The van der Waals surface area contributed by atoms with Crippen molar-refractivity contribution < 1.29 is 14.7 Å². The van der Waals surface area contributed by atoms with Gasteiger partial charge in [-0.25, -0.2) is 4.79 Å². The summed E-state index contributed by atoms with van der Waals surface area (Å²) in [4.78, 5) is 22.9. The molecule has 0 saturated carbocycles. The van der Waals surface area contributed by atoms with Gasteiger partial charge in [0.15, 0.2) is 0 Å². The second kappa shape index (κ2) is 7.65. The number of rotatable bonds is 7. The number of aliphatic carboxylic acids is 1. The molecule has 0 spiro atoms. The molecule has 1 unspecified atom stereocenters. The number of amides is 1. The summed E-state index contributed by atoms with van der Waals surface area (Å²) < 4.78 is 0. The zero-order valence-corrected chi connectivity index (χ0v) is 11.9. The SMILES string of the molecule is CC(C)[C@H](NC(=O)C(N)CCc1ccccc1)C(=O)O. The van der Waals surface area contributed by atoms with Crippen LogP contribution in [0.4, 0.5) is 0 Å². The molecule has 1 aromatic rings. The van der Waals surface area contributed by atoms with E-state index in [1.54, 1.807) is 13.8 Å². The molecule has 1 amide bonds. The molecule has 0 heterocycles. The van der Waals surface area contributed by atoms with Crippen LogP contribution in [0, 0.1) is 5.92 Å². The van der Waals surface area contributed by atoms with Crippen molar-refractivity contribution in [2.75, 3.05) is 0 Å². The van der Waals surface area contributed by atoms with Crippen molar-refractivity contribution >= 4 is 11.9 Å². The summed E-state index contributed by atoms with van der Waals surface area (Å²) in [5.74, 6) is -1.64. The van der Waals surface area contributed by atoms with Crippen LogP contribution >= 0.6 is 0 Å². The predicted molar refractivity (Wildman–Crippen MR) is 77.1 cm³/mol. The molecule has 5 nitrogen and oxygen atoms in total. The van der Waals surface area contributed by atoms with E-state index in [2.05, 4.69) is 5.32 Å². The number of hydrogen-bond acceptors (Lipinski definition) is 3. The molecule has 1 aromatic carbocycles. The first-order valence-corrected chi connectivity index (χ1v) is 6.74. The standard InChI is InChI=1S/C15H22N2O3/c1-10(2)13(15(19)20)17-14(18)12(16)9-8-11-6-4-3-5-7-11/h3-7,10,12-13H,8-9,16H2,1-2H3,(H,17,18)(H,19,20)/t12?,13-/m0/s1. The third-order valence-electron chi connectivity index (χ3n) is 3.15. The summed E-state index contributed by atoms with van der Waals surface area (Å²) in [7, 11) is 0. The number of benzene rings is 1. The number of carbonyl (C=O) groups excluding carboxylic acids is 1. The number of hydrogen-bond donors (Lipinski definition) is 3. The fourth-order valence-electron chi connectivity index (χ4n) is 1.87. The van der Waals surface area contributed by atoms with Gasteiger partial charge in [-0.15, -0.1) is 0 Å². The molecule has 0 aromatic heterocycles. The normalized spacial score (nSPS) is 13.8. The highest BCUT2D eigenvalue weighted by Crippen LogP contribution is 2.06. The molecule has 0 aliphatic rings. The van der Waals surface area contributed by atoms with Crippen LogP contribution in [0.5, 0.6) is 0 Å². The highest BCUT2D eigenvalue weighted by atomic mass is 16.4. The van der Waals surface area contributed by atoms with Crippen LogP contribution in [0.25, 0.3) is 0 Å². The fraction of sp³-hybridized carbons (Fsp3) is 0.467. The van der Waals surface area contributed by atoms with Crippen molar-refractivity contribution in [2.24, 2.45) is 11.7 Å². The van der Waals surface area contributed by atoms with Gasteiger partial charge in [-0.2, -0.15) is 0 Å². The van der Waals surface area contributed by atoms with Gasteiger partial charge in [0.2, 0.25) is 5.91 Å². The van der Waals surface area contributed by atoms with E-state index < -0.39 is 24.0 Å². The first kappa shape index (κ1) is 16.2. The van der Waals surface area contributed by atoms with Gasteiger partial charge >= 0.3 is 5.97 Å². The van der Waals surface area contributed by atoms with E-state index in [9.17, 15) is 9.59 Å². The smallest absolute Gasteiger partial charge is 0.326 e. The summed E-state index contributed by atoms with van der Waals surface area (Å²) in [5, 5.41) is 11.5. The van der Waals surface area contributed by atoms with E-state index in [4.69, 9.17) is 10.8 Å². The van der Waals surface area contributed by atoms with Crippen LogP contribution in [0.2, 0.25) is 0 Å². The minimum Gasteiger partial charge on any atom is -0.480 e. The monoisotopic (exact) mass is 278 g/mol. The molecule has 1 rings (SSSR count). The van der Waals surface area contributed by atoms with Crippen molar-refractivity contribution in [3.05, 3.63) is 35.9 Å². The summed E-state index contributed by atoms with van der Waals surface area (Å²) >= 11 is 0. The van der Waals surface area contributed by atoms with E-state index in [0.29, 0.717) is 12.8 Å². The molecule has 0 radical (unpaired) electrons. The molecule has 0 aliphatic heterocycles. The molecule has 0 fully saturated rings. The lowest BCUT2D eigenvalue weighted by Crippen LogP contribution is -2.50. The van der Waals surface area contributed by atoms with Gasteiger partial charge in [0.1, 0.15) is 6.04 Å². The van der Waals surface area contributed by atoms with Gasteiger partial charge in [0.05, 0.1) is 6.04 Å². The lowest BCUT2D eigenvalue weighted by atomic mass is 10.0. The number of carboxylic acids is 1. The lowest BCUT2D eigenvalue weighted by Gasteiger charge is -2.20. The number of carbonyl (C=O) groups is 2. The van der Waals surface area contributed by atoms with Crippen LogP contribution in [-0.4, -0.2) is 29.1 Å². The Morgan fingerprint density at radius 1 is 1.25 bits per heavy atom. The van der Waals surface area contributed by atoms with Crippen molar-refractivity contribution in [3.8, 4) is 0 Å². The molecule has 4 N–H and O–H groups in total. The number of nitrogens with two attached hydrogens (primary N) is 1. The van der Waals surface area contributed by atoms with Crippen LogP contribution in [0.3, 0.4) is 0 Å². The average Bonchev–Trinajstić information content (AvgIpc) is 2.42. The first-order chi connectivity index (χ1) is 9.41. The highest BCUT2D eigenvalue weighted by Gasteiger charge is 2.25. The van der Waals surface area contributed by atoms with Crippen LogP contribution < -0.4 is 11.1 Å². The van der Waals surface area contributed by atoms with Gasteiger partial charge in [-0.3, -0.25) is 4.79 Å². The maximum atomic E-state index is 11.9. The van der Waals surface area contributed by atoms with E-state index in [0.717, 1.165) is 5.56 Å². The Morgan fingerprint density at radius 2 is 1.85 bits per heavy atom. The summed E-state index contributed by atoms with van der Waals surface area (Å²) in [6.07, 6.45) is 1.18. The largest absolute Gasteiger partial charge is 0.480 e. The molecule has 0 saturated heterocycles. The number of nitrogens with one attached hydrogen (secondary N) is 1. The zero-order chi connectivity index (χ0) is 15.1. The van der Waals surface area contributed by atoms with Gasteiger partial charge in [0, 0.05) is 0 Å². The Morgan fingerprint density at radius 3 is 2.35 bits per heavy atom. The maximum absolute atomic E-state index is 11.9. The summed E-state index contributed by atoms with van der Waals surface area (Å²) in [6, 6.07) is 8.13. The molecule has 5 heteroatoms. The molecule has 0 bridgehead atoms. The molecule has 110 valence electrons. The van der Waals surface area contributed by atoms with Crippen molar-refractivity contribution in [1.82, 2.24) is 5.32 Å². The predicted octanol–water partition coefficient (Wildman–Crippen LogP) is 1.17. The molecular formula is C15H22N2O3. The molecule has 2 atom stereocenters. The lowest BCUT2D eigenvalue weighted by molar-refractivity contribution is -0.143. The van der Waals surface area contributed by atoms with Crippen LogP contribution in [0.15, 0.2) is 30.3 Å². The first-order valence-electron chi connectivity index (χ1n) is 6.74. The number of aryl methyl sites for hydroxylation is 1. The Kier molecular flexibility index (Phi) is 6.18. The molecule has 0 aliphatic carbocycles. The fourth-order valence-corrected chi connectivity index (χ4v) is 1.87. The second-order valence-electron chi connectivity index (χ2n) is 5.20. The van der Waals surface area contributed by atoms with Gasteiger partial charge in [-0.1, -0.05) is 44.2 Å². The van der Waals surface area contributed by atoms with E-state index in [1.165, 1.54) is 0 Å². The zero-order valence-electron chi connectivity index (χ0n) is 11.9. The van der Waals surface area contributed by atoms with Gasteiger partial charge in [-0.05, 0) is 24.3 Å². The third kappa shape index (κ3) is 5.01. The van der Waals surface area contributed by atoms with Crippen LogP contribution in [0.1, 0.15) is 25.8 Å².